The highest BCUT2D eigenvalue weighted by atomic mass is 32.2. The summed E-state index contributed by atoms with van der Waals surface area (Å²) in [5.41, 5.74) is 0.610. The van der Waals surface area contributed by atoms with Crippen LogP contribution in [0.4, 0.5) is 8.78 Å². The van der Waals surface area contributed by atoms with Crippen molar-refractivity contribution in [2.45, 2.75) is 5.16 Å². The van der Waals surface area contributed by atoms with Crippen LogP contribution < -0.4 is 0 Å². The lowest BCUT2D eigenvalue weighted by Crippen LogP contribution is -1.97. The fourth-order valence-electron chi connectivity index (χ4n) is 1.18. The largest absolute Gasteiger partial charge is 0.481 e. The first-order valence-electron chi connectivity index (χ1n) is 4.25. The summed E-state index contributed by atoms with van der Waals surface area (Å²) in [5.74, 6) is -3.09. The maximum Gasteiger partial charge on any atom is 0.313 e. The van der Waals surface area contributed by atoms with Gasteiger partial charge < -0.3 is 10.1 Å². The van der Waals surface area contributed by atoms with Gasteiger partial charge in [-0.1, -0.05) is 11.8 Å². The van der Waals surface area contributed by atoms with Crippen LogP contribution in [0.1, 0.15) is 0 Å². The summed E-state index contributed by atoms with van der Waals surface area (Å²) in [4.78, 5) is 16.9. The Morgan fingerprint density at radius 2 is 2.12 bits per heavy atom. The van der Waals surface area contributed by atoms with Gasteiger partial charge in [0.15, 0.2) is 16.8 Å². The number of aromatic amines is 1. The van der Waals surface area contributed by atoms with Crippen LogP contribution in [-0.2, 0) is 4.79 Å². The quantitative estimate of drug-likeness (QED) is 0.810. The Morgan fingerprint density at radius 3 is 2.81 bits per heavy atom. The molecule has 0 spiro atoms. The van der Waals surface area contributed by atoms with Gasteiger partial charge in [0, 0.05) is 12.1 Å². The van der Waals surface area contributed by atoms with Crippen molar-refractivity contribution >= 4 is 28.8 Å². The predicted octanol–water partition coefficient (Wildman–Crippen LogP) is 2.02. The van der Waals surface area contributed by atoms with Crippen LogP contribution in [0.15, 0.2) is 17.3 Å². The fraction of sp³-hybridized carbons (Fsp3) is 0.111. The fourth-order valence-corrected chi connectivity index (χ4v) is 1.79. The number of aliphatic carboxylic acids is 1. The van der Waals surface area contributed by atoms with Crippen molar-refractivity contribution in [3.63, 3.8) is 0 Å². The van der Waals surface area contributed by atoms with Crippen LogP contribution in [0.25, 0.3) is 11.0 Å². The van der Waals surface area contributed by atoms with Crippen molar-refractivity contribution in [3.05, 3.63) is 23.8 Å². The number of carboxylic acid groups (broad SMARTS) is 1. The summed E-state index contributed by atoms with van der Waals surface area (Å²) in [7, 11) is 0. The van der Waals surface area contributed by atoms with Gasteiger partial charge >= 0.3 is 5.97 Å². The maximum absolute atomic E-state index is 12.8. The normalized spacial score (nSPS) is 10.9. The summed E-state index contributed by atoms with van der Waals surface area (Å²) in [6, 6.07) is 1.95. The molecule has 0 saturated carbocycles. The van der Waals surface area contributed by atoms with Gasteiger partial charge in [-0.15, -0.1) is 0 Å². The van der Waals surface area contributed by atoms with Crippen LogP contribution in [0.3, 0.4) is 0 Å². The molecule has 0 radical (unpaired) electrons. The monoisotopic (exact) mass is 244 g/mol. The van der Waals surface area contributed by atoms with Crippen molar-refractivity contribution in [2.75, 3.05) is 5.75 Å². The lowest BCUT2D eigenvalue weighted by molar-refractivity contribution is -0.133. The molecule has 0 fully saturated rings. The summed E-state index contributed by atoms with van der Waals surface area (Å²) >= 11 is 0.955. The maximum atomic E-state index is 12.8. The minimum atomic E-state index is -0.984. The Kier molecular flexibility index (Phi) is 2.78. The SMILES string of the molecule is O=C(O)CSc1nc2cc(F)c(F)cc2[nH]1. The molecule has 16 heavy (non-hydrogen) atoms. The van der Waals surface area contributed by atoms with E-state index in [-0.39, 0.29) is 11.3 Å². The van der Waals surface area contributed by atoms with E-state index in [4.69, 9.17) is 5.11 Å². The third-order valence-corrected chi connectivity index (χ3v) is 2.69. The van der Waals surface area contributed by atoms with E-state index >= 15 is 0 Å². The number of benzene rings is 1. The lowest BCUT2D eigenvalue weighted by Gasteiger charge is -1.90. The van der Waals surface area contributed by atoms with Crippen LogP contribution in [0.2, 0.25) is 0 Å². The van der Waals surface area contributed by atoms with Crippen molar-refractivity contribution in [1.82, 2.24) is 9.97 Å². The van der Waals surface area contributed by atoms with Crippen molar-refractivity contribution < 1.29 is 18.7 Å². The number of thioether (sulfide) groups is 1. The highest BCUT2D eigenvalue weighted by molar-refractivity contribution is 7.99. The van der Waals surface area contributed by atoms with E-state index in [2.05, 4.69) is 9.97 Å². The standard InChI is InChI=1S/C9H6F2N2O2S/c10-4-1-6-7(2-5(4)11)13-9(12-6)16-3-8(14)15/h1-2H,3H2,(H,12,13)(H,14,15). The molecule has 7 heteroatoms. The smallest absolute Gasteiger partial charge is 0.313 e. The van der Waals surface area contributed by atoms with Gasteiger partial charge in [0.2, 0.25) is 0 Å². The van der Waals surface area contributed by atoms with Gasteiger partial charge in [0.1, 0.15) is 0 Å². The van der Waals surface area contributed by atoms with Crippen LogP contribution in [-0.4, -0.2) is 26.8 Å². The summed E-state index contributed by atoms with van der Waals surface area (Å²) in [6.07, 6.45) is 0. The second kappa shape index (κ2) is 4.09. The van der Waals surface area contributed by atoms with E-state index in [9.17, 15) is 13.6 Å². The zero-order valence-corrected chi connectivity index (χ0v) is 8.65. The second-order valence-electron chi connectivity index (χ2n) is 3.01. The molecule has 84 valence electrons. The van der Waals surface area contributed by atoms with Gasteiger partial charge in [-0.3, -0.25) is 4.79 Å². The number of imidazole rings is 1. The van der Waals surface area contributed by atoms with E-state index in [0.29, 0.717) is 10.7 Å². The molecule has 4 nitrogen and oxygen atoms in total. The number of aromatic nitrogens is 2. The highest BCUT2D eigenvalue weighted by Gasteiger charge is 2.09. The molecule has 0 bridgehead atoms. The first-order valence-corrected chi connectivity index (χ1v) is 5.24. The molecule has 2 aromatic rings. The topological polar surface area (TPSA) is 66.0 Å². The Labute approximate surface area is 92.7 Å². The molecular weight excluding hydrogens is 238 g/mol. The molecule has 0 atom stereocenters. The zero-order valence-electron chi connectivity index (χ0n) is 7.83. The third-order valence-electron chi connectivity index (χ3n) is 1.83. The Balaban J connectivity index is 2.33. The molecule has 0 unspecified atom stereocenters. The van der Waals surface area contributed by atoms with E-state index in [0.717, 1.165) is 23.9 Å². The Morgan fingerprint density at radius 1 is 1.44 bits per heavy atom. The summed E-state index contributed by atoms with van der Waals surface area (Å²) in [5, 5.41) is 8.78. The minimum Gasteiger partial charge on any atom is -0.481 e. The number of rotatable bonds is 3. The molecule has 1 aromatic carbocycles. The number of carboxylic acids is 1. The number of halogens is 2. The second-order valence-corrected chi connectivity index (χ2v) is 3.97. The average Bonchev–Trinajstić information content (AvgIpc) is 2.58. The van der Waals surface area contributed by atoms with Crippen molar-refractivity contribution in [2.24, 2.45) is 0 Å². The molecule has 0 aliphatic rings. The predicted molar refractivity (Wildman–Crippen MR) is 54.4 cm³/mol. The summed E-state index contributed by atoms with van der Waals surface area (Å²) in [6.45, 7) is 0. The minimum absolute atomic E-state index is 0.162. The number of nitrogens with one attached hydrogen (secondary N) is 1. The van der Waals surface area contributed by atoms with Crippen LogP contribution in [0, 0.1) is 11.6 Å². The molecule has 1 aromatic heterocycles. The molecule has 2 rings (SSSR count). The number of hydrogen-bond donors (Lipinski definition) is 2. The average molecular weight is 244 g/mol. The Bertz CT molecular complexity index is 517. The van der Waals surface area contributed by atoms with Gasteiger partial charge in [0.25, 0.3) is 0 Å². The molecule has 0 saturated heterocycles. The Hall–Kier alpha value is -1.63. The van der Waals surface area contributed by atoms with Crippen molar-refractivity contribution in [3.8, 4) is 0 Å². The number of fused-ring (bicyclic) bond motifs is 1. The first kappa shape index (κ1) is 10.9. The number of hydrogen-bond acceptors (Lipinski definition) is 3. The van der Waals surface area contributed by atoms with Crippen molar-refractivity contribution in [1.29, 1.82) is 0 Å². The number of H-pyrrole nitrogens is 1. The molecule has 0 amide bonds. The highest BCUT2D eigenvalue weighted by Crippen LogP contribution is 2.21. The van der Waals surface area contributed by atoms with Gasteiger partial charge in [0.05, 0.1) is 16.8 Å². The van der Waals surface area contributed by atoms with Gasteiger partial charge in [-0.25, -0.2) is 13.8 Å². The zero-order chi connectivity index (χ0) is 11.7. The van der Waals surface area contributed by atoms with Crippen LogP contribution >= 0.6 is 11.8 Å². The molecular formula is C9H6F2N2O2S. The summed E-state index contributed by atoms with van der Waals surface area (Å²) < 4.78 is 25.7. The van der Waals surface area contributed by atoms with Gasteiger partial charge in [-0.05, 0) is 0 Å². The molecule has 2 N–H and O–H groups in total. The number of nitrogens with zero attached hydrogens (tertiary/aromatic N) is 1. The van der Waals surface area contributed by atoms with Gasteiger partial charge in [-0.2, -0.15) is 0 Å². The number of carbonyl (C=O) groups is 1. The van der Waals surface area contributed by atoms with E-state index in [1.807, 2.05) is 0 Å². The first-order chi connectivity index (χ1) is 7.56. The van der Waals surface area contributed by atoms with E-state index in [1.165, 1.54) is 0 Å². The molecule has 1 heterocycles. The van der Waals surface area contributed by atoms with E-state index < -0.39 is 17.6 Å². The lowest BCUT2D eigenvalue weighted by atomic mass is 10.3. The van der Waals surface area contributed by atoms with Crippen LogP contribution in [0.5, 0.6) is 0 Å². The molecule has 0 aliphatic carbocycles. The third kappa shape index (κ3) is 2.13. The van der Waals surface area contributed by atoms with E-state index in [1.54, 1.807) is 0 Å². The molecule has 0 aliphatic heterocycles.